The fourth-order valence-corrected chi connectivity index (χ4v) is 5.55. The molecule has 1 aromatic carbocycles. The third-order valence-electron chi connectivity index (χ3n) is 5.65. The van der Waals surface area contributed by atoms with Crippen LogP contribution in [0.4, 0.5) is 10.7 Å². The van der Waals surface area contributed by atoms with Crippen LogP contribution in [0.25, 0.3) is 0 Å². The van der Waals surface area contributed by atoms with Gasteiger partial charge in [0.25, 0.3) is 5.91 Å². The van der Waals surface area contributed by atoms with Gasteiger partial charge in [-0.15, -0.1) is 11.3 Å². The Morgan fingerprint density at radius 1 is 1.22 bits per heavy atom. The molecule has 4 rings (SSSR count). The molecule has 1 aromatic heterocycles. The lowest BCUT2D eigenvalue weighted by Crippen LogP contribution is -2.42. The third kappa shape index (κ3) is 3.46. The number of aryl methyl sites for hydroxylation is 2. The molecule has 0 bridgehead atoms. The maximum atomic E-state index is 12.8. The van der Waals surface area contributed by atoms with Crippen molar-refractivity contribution in [3.63, 3.8) is 0 Å². The molecule has 2 aliphatic rings. The molecule has 2 aromatic rings. The van der Waals surface area contributed by atoms with Gasteiger partial charge in [-0.1, -0.05) is 18.2 Å². The lowest BCUT2D eigenvalue weighted by Gasteiger charge is -2.36. The van der Waals surface area contributed by atoms with Crippen LogP contribution in [-0.4, -0.2) is 24.4 Å². The van der Waals surface area contributed by atoms with Crippen molar-refractivity contribution < 1.29 is 9.59 Å². The Kier molecular flexibility index (Phi) is 4.91. The van der Waals surface area contributed by atoms with Crippen LogP contribution in [0, 0.1) is 0 Å². The van der Waals surface area contributed by atoms with E-state index in [1.807, 2.05) is 12.1 Å². The predicted molar refractivity (Wildman–Crippen MR) is 110 cm³/mol. The molecule has 6 heteroatoms. The number of carbonyl (C=O) groups is 2. The van der Waals surface area contributed by atoms with Gasteiger partial charge in [0.05, 0.1) is 12.1 Å². The molecule has 27 heavy (non-hydrogen) atoms. The van der Waals surface area contributed by atoms with Crippen LogP contribution in [0.5, 0.6) is 0 Å². The summed E-state index contributed by atoms with van der Waals surface area (Å²) in [4.78, 5) is 28.2. The second-order valence-electron chi connectivity index (χ2n) is 7.47. The molecule has 2 heterocycles. The summed E-state index contributed by atoms with van der Waals surface area (Å²) in [6.07, 6.45) is 6.10. The molecule has 1 atom stereocenters. The molecule has 0 fully saturated rings. The van der Waals surface area contributed by atoms with Crippen LogP contribution in [0.15, 0.2) is 24.3 Å². The number of thiophene rings is 1. The van der Waals surface area contributed by atoms with Crippen LogP contribution >= 0.6 is 11.3 Å². The van der Waals surface area contributed by atoms with Gasteiger partial charge >= 0.3 is 0 Å². The van der Waals surface area contributed by atoms with Crippen molar-refractivity contribution >= 4 is 33.8 Å². The van der Waals surface area contributed by atoms with E-state index in [4.69, 9.17) is 5.73 Å². The zero-order chi connectivity index (χ0) is 19.0. The minimum atomic E-state index is -0.443. The van der Waals surface area contributed by atoms with E-state index in [-0.39, 0.29) is 12.5 Å². The molecule has 0 saturated heterocycles. The van der Waals surface area contributed by atoms with Crippen molar-refractivity contribution in [2.24, 2.45) is 5.73 Å². The number of amides is 2. The largest absolute Gasteiger partial charge is 0.365 e. The van der Waals surface area contributed by atoms with E-state index in [9.17, 15) is 9.59 Å². The second-order valence-corrected chi connectivity index (χ2v) is 8.58. The van der Waals surface area contributed by atoms with E-state index in [1.54, 1.807) is 0 Å². The van der Waals surface area contributed by atoms with E-state index < -0.39 is 5.91 Å². The summed E-state index contributed by atoms with van der Waals surface area (Å²) in [5.74, 6) is -0.541. The highest BCUT2D eigenvalue weighted by atomic mass is 32.1. The average molecular weight is 384 g/mol. The smallest absolute Gasteiger partial charge is 0.251 e. The van der Waals surface area contributed by atoms with E-state index in [0.29, 0.717) is 16.6 Å². The van der Waals surface area contributed by atoms with Crippen molar-refractivity contribution in [2.45, 2.75) is 51.5 Å². The normalized spacial score (nSPS) is 18.6. The molecule has 3 N–H and O–H groups in total. The Labute approximate surface area is 163 Å². The Morgan fingerprint density at radius 3 is 2.81 bits per heavy atom. The minimum absolute atomic E-state index is 0.0975. The molecule has 1 aliphatic heterocycles. The van der Waals surface area contributed by atoms with Crippen LogP contribution in [0.1, 0.15) is 52.5 Å². The Balaban J connectivity index is 1.55. The highest BCUT2D eigenvalue weighted by molar-refractivity contribution is 7.17. The van der Waals surface area contributed by atoms with Gasteiger partial charge in [0.15, 0.2) is 0 Å². The van der Waals surface area contributed by atoms with Crippen LogP contribution in [0.2, 0.25) is 0 Å². The number of para-hydroxylation sites is 1. The summed E-state index contributed by atoms with van der Waals surface area (Å²) in [5, 5.41) is 3.61. The maximum Gasteiger partial charge on any atom is 0.251 e. The van der Waals surface area contributed by atoms with Crippen molar-refractivity contribution in [1.82, 2.24) is 0 Å². The number of hydrogen-bond donors (Lipinski definition) is 2. The van der Waals surface area contributed by atoms with Gasteiger partial charge in [-0.3, -0.25) is 9.59 Å². The molecule has 142 valence electrons. The first-order valence-electron chi connectivity index (χ1n) is 9.63. The molecule has 1 aliphatic carbocycles. The number of anilines is 2. The van der Waals surface area contributed by atoms with Gasteiger partial charge in [0.1, 0.15) is 5.00 Å². The van der Waals surface area contributed by atoms with Gasteiger partial charge in [0.2, 0.25) is 5.91 Å². The van der Waals surface area contributed by atoms with Crippen molar-refractivity contribution in [1.29, 1.82) is 0 Å². The monoisotopic (exact) mass is 383 g/mol. The fourth-order valence-electron chi connectivity index (χ4n) is 4.24. The average Bonchev–Trinajstić information content (AvgIpc) is 3.02. The molecule has 0 spiro atoms. The highest BCUT2D eigenvalue weighted by Gasteiger charge is 2.27. The van der Waals surface area contributed by atoms with Crippen molar-refractivity contribution in [2.75, 3.05) is 16.8 Å². The highest BCUT2D eigenvalue weighted by Crippen LogP contribution is 2.38. The Bertz CT molecular complexity index is 890. The summed E-state index contributed by atoms with van der Waals surface area (Å²) in [6, 6.07) is 8.57. The lowest BCUT2D eigenvalue weighted by atomic mass is 9.95. The number of nitrogens with zero attached hydrogens (tertiary/aromatic N) is 1. The second kappa shape index (κ2) is 7.35. The number of primary amides is 1. The molecular weight excluding hydrogens is 358 g/mol. The number of nitrogens with two attached hydrogens (primary N) is 1. The van der Waals surface area contributed by atoms with Crippen LogP contribution in [0.3, 0.4) is 0 Å². The van der Waals surface area contributed by atoms with Gasteiger partial charge in [-0.25, -0.2) is 0 Å². The first-order chi connectivity index (χ1) is 13.0. The predicted octanol–water partition coefficient (Wildman–Crippen LogP) is 3.51. The summed E-state index contributed by atoms with van der Waals surface area (Å²) in [5.41, 5.74) is 9.62. The summed E-state index contributed by atoms with van der Waals surface area (Å²) >= 11 is 1.52. The Morgan fingerprint density at radius 2 is 2.00 bits per heavy atom. The first-order valence-corrected chi connectivity index (χ1v) is 10.4. The number of carbonyl (C=O) groups excluding carboxylic acids is 2. The molecule has 0 radical (unpaired) electrons. The van der Waals surface area contributed by atoms with E-state index in [1.165, 1.54) is 21.8 Å². The molecule has 2 amide bonds. The van der Waals surface area contributed by atoms with Crippen LogP contribution in [-0.2, 0) is 24.1 Å². The molecule has 0 unspecified atom stereocenters. The molecule has 5 nitrogen and oxygen atoms in total. The van der Waals surface area contributed by atoms with Crippen molar-refractivity contribution in [3.8, 4) is 0 Å². The topological polar surface area (TPSA) is 75.4 Å². The summed E-state index contributed by atoms with van der Waals surface area (Å²) in [6.45, 7) is 2.43. The number of hydrogen-bond acceptors (Lipinski definition) is 4. The maximum absolute atomic E-state index is 12.8. The number of rotatable bonds is 4. The van der Waals surface area contributed by atoms with Gasteiger partial charge in [-0.05, 0) is 62.6 Å². The first kappa shape index (κ1) is 18.0. The number of fused-ring (bicyclic) bond motifs is 2. The zero-order valence-electron chi connectivity index (χ0n) is 15.6. The summed E-state index contributed by atoms with van der Waals surface area (Å²) in [7, 11) is 0. The van der Waals surface area contributed by atoms with E-state index in [0.717, 1.165) is 49.8 Å². The third-order valence-corrected chi connectivity index (χ3v) is 6.86. The number of nitrogens with one attached hydrogen (secondary N) is 1. The molecular formula is C21H25N3O2S. The number of benzene rings is 1. The fraction of sp³-hybridized carbons (Fsp3) is 0.429. The quantitative estimate of drug-likeness (QED) is 0.848. The van der Waals surface area contributed by atoms with Gasteiger partial charge in [0, 0.05) is 16.6 Å². The minimum Gasteiger partial charge on any atom is -0.365 e. The lowest BCUT2D eigenvalue weighted by molar-refractivity contribution is -0.115. The van der Waals surface area contributed by atoms with E-state index >= 15 is 0 Å². The van der Waals surface area contributed by atoms with Gasteiger partial charge in [-0.2, -0.15) is 0 Å². The molecule has 0 saturated carbocycles. The van der Waals surface area contributed by atoms with Crippen molar-refractivity contribution in [3.05, 3.63) is 45.8 Å². The summed E-state index contributed by atoms with van der Waals surface area (Å²) < 4.78 is 0. The van der Waals surface area contributed by atoms with Gasteiger partial charge < -0.3 is 16.0 Å². The SMILES string of the molecule is C[C@H]1CCc2ccccc2N1CC(=O)Nc1sc2c(c1C(N)=O)CCCC2. The zero-order valence-corrected chi connectivity index (χ0v) is 16.4. The standard InChI is InChI=1S/C21H25N3O2S/c1-13-10-11-14-6-2-4-8-16(14)24(13)12-18(25)23-21-19(20(22)26)15-7-3-5-9-17(15)27-21/h2,4,6,8,13H,3,5,7,9-12H2,1H3,(H2,22,26)(H,23,25)/t13-/m0/s1. The van der Waals surface area contributed by atoms with E-state index in [2.05, 4.69) is 29.3 Å². The van der Waals surface area contributed by atoms with Crippen LogP contribution < -0.4 is 16.0 Å². The Hall–Kier alpha value is -2.34.